The number of nitrogens with two attached hydrogens (primary N) is 1. The van der Waals surface area contributed by atoms with Crippen molar-refractivity contribution in [2.24, 2.45) is 5.14 Å². The van der Waals surface area contributed by atoms with Crippen LogP contribution in [0.1, 0.15) is 16.8 Å². The lowest BCUT2D eigenvalue weighted by molar-refractivity contribution is 0.0381. The van der Waals surface area contributed by atoms with Crippen LogP contribution in [0.25, 0.3) is 0 Å². The summed E-state index contributed by atoms with van der Waals surface area (Å²) in [6.07, 6.45) is 0.442. The molecule has 5 N–H and O–H groups in total. The van der Waals surface area contributed by atoms with Crippen LogP contribution < -0.4 is 10.5 Å². The minimum Gasteiger partial charge on any atom is -0.478 e. The van der Waals surface area contributed by atoms with Crippen LogP contribution in [0.5, 0.6) is 0 Å². The summed E-state index contributed by atoms with van der Waals surface area (Å²) < 4.78 is 27.6. The second-order valence-electron chi connectivity index (χ2n) is 4.94. The number of aromatic carboxylic acids is 1. The van der Waals surface area contributed by atoms with Gasteiger partial charge in [-0.3, -0.25) is 0 Å². The maximum Gasteiger partial charge on any atom is 0.337 e. The van der Waals surface area contributed by atoms with E-state index in [1.54, 1.807) is 0 Å². The smallest absolute Gasteiger partial charge is 0.337 e. The average Bonchev–Trinajstić information content (AvgIpc) is 2.82. The lowest BCUT2D eigenvalue weighted by atomic mass is 10.0. The number of aliphatic hydroxyl groups is 1. The molecule has 1 atom stereocenters. The highest BCUT2D eigenvalue weighted by molar-refractivity contribution is 7.89. The van der Waals surface area contributed by atoms with E-state index in [0.717, 1.165) is 6.07 Å². The molecule has 2 rings (SSSR count). The van der Waals surface area contributed by atoms with Crippen molar-refractivity contribution in [3.8, 4) is 0 Å². The second kappa shape index (κ2) is 5.60. The molecule has 1 saturated heterocycles. The van der Waals surface area contributed by atoms with E-state index in [9.17, 15) is 18.3 Å². The van der Waals surface area contributed by atoms with Crippen LogP contribution in [0.15, 0.2) is 23.1 Å². The molecule has 0 aromatic heterocycles. The molecule has 1 unspecified atom stereocenters. The van der Waals surface area contributed by atoms with E-state index in [1.807, 2.05) is 0 Å². The van der Waals surface area contributed by atoms with Gasteiger partial charge in [0, 0.05) is 25.3 Å². The topological polar surface area (TPSA) is 139 Å². The normalized spacial score (nSPS) is 22.2. The number of nitrogens with one attached hydrogen (secondary N) is 1. The van der Waals surface area contributed by atoms with E-state index < -0.39 is 21.6 Å². The van der Waals surface area contributed by atoms with Crippen molar-refractivity contribution < 1.29 is 28.2 Å². The number of primary sulfonamides is 1. The molecular formula is C12H16N2O6S. The zero-order valence-corrected chi connectivity index (χ0v) is 11.9. The first kappa shape index (κ1) is 15.7. The number of sulfonamides is 1. The molecule has 1 fully saturated rings. The quantitative estimate of drug-likeness (QED) is 0.579. The number of hydrogen-bond donors (Lipinski definition) is 4. The van der Waals surface area contributed by atoms with E-state index in [0.29, 0.717) is 13.0 Å². The zero-order chi connectivity index (χ0) is 15.7. The van der Waals surface area contributed by atoms with Gasteiger partial charge >= 0.3 is 5.97 Å². The lowest BCUT2D eigenvalue weighted by Gasteiger charge is -2.22. The van der Waals surface area contributed by atoms with Crippen LogP contribution in [0.2, 0.25) is 0 Å². The third kappa shape index (κ3) is 3.70. The fraction of sp³-hybridized carbons (Fsp3) is 0.417. The van der Waals surface area contributed by atoms with Gasteiger partial charge in [0.1, 0.15) is 5.60 Å². The number of benzene rings is 1. The van der Waals surface area contributed by atoms with Gasteiger partial charge in [-0.05, 0) is 18.2 Å². The third-order valence-electron chi connectivity index (χ3n) is 3.24. The van der Waals surface area contributed by atoms with Gasteiger partial charge in [-0.25, -0.2) is 18.4 Å². The van der Waals surface area contributed by atoms with E-state index >= 15 is 0 Å². The molecular weight excluding hydrogens is 300 g/mol. The van der Waals surface area contributed by atoms with Crippen molar-refractivity contribution in [1.29, 1.82) is 0 Å². The van der Waals surface area contributed by atoms with Gasteiger partial charge in [-0.2, -0.15) is 0 Å². The third-order valence-corrected chi connectivity index (χ3v) is 4.15. The highest BCUT2D eigenvalue weighted by atomic mass is 32.2. The number of ether oxygens (including phenoxy) is 1. The van der Waals surface area contributed by atoms with Crippen LogP contribution in [0.4, 0.5) is 5.69 Å². The SMILES string of the molecule is NS(=O)(=O)c1ccc(NCC2(O)CCOC2)c(C(=O)O)c1. The summed E-state index contributed by atoms with van der Waals surface area (Å²) in [4.78, 5) is 10.9. The van der Waals surface area contributed by atoms with Crippen molar-refractivity contribution in [2.45, 2.75) is 16.9 Å². The zero-order valence-electron chi connectivity index (χ0n) is 11.1. The van der Waals surface area contributed by atoms with Gasteiger partial charge in [0.25, 0.3) is 0 Å². The Kier molecular flexibility index (Phi) is 4.19. The summed E-state index contributed by atoms with van der Waals surface area (Å²) in [5, 5.41) is 27.0. The van der Waals surface area contributed by atoms with Crippen molar-refractivity contribution in [3.63, 3.8) is 0 Å². The minimum atomic E-state index is -3.98. The Labute approximate surface area is 121 Å². The molecule has 9 heteroatoms. The first-order valence-corrected chi connectivity index (χ1v) is 7.70. The fourth-order valence-electron chi connectivity index (χ4n) is 2.03. The summed E-state index contributed by atoms with van der Waals surface area (Å²) in [7, 11) is -3.98. The molecule has 0 saturated carbocycles. The van der Waals surface area contributed by atoms with Crippen molar-refractivity contribution in [2.75, 3.05) is 25.1 Å². The minimum absolute atomic E-state index is 0.0992. The fourth-order valence-corrected chi connectivity index (χ4v) is 2.57. The summed E-state index contributed by atoms with van der Waals surface area (Å²) in [5.74, 6) is -1.29. The van der Waals surface area contributed by atoms with Crippen molar-refractivity contribution >= 4 is 21.7 Å². The summed E-state index contributed by atoms with van der Waals surface area (Å²) in [5.41, 5.74) is -1.09. The standard InChI is InChI=1S/C12H16N2O6S/c13-21(18,19)8-1-2-10(9(5-8)11(15)16)14-6-12(17)3-4-20-7-12/h1-2,5,14,17H,3-4,6-7H2,(H,15,16)(H2,13,18,19). The molecule has 1 aromatic carbocycles. The predicted molar refractivity (Wildman–Crippen MR) is 73.7 cm³/mol. The van der Waals surface area contributed by atoms with Gasteiger partial charge < -0.3 is 20.3 Å². The predicted octanol–water partition coefficient (Wildman–Crippen LogP) is -0.404. The van der Waals surface area contributed by atoms with Crippen molar-refractivity contribution in [3.05, 3.63) is 23.8 Å². The maximum absolute atomic E-state index is 11.2. The number of rotatable bonds is 5. The van der Waals surface area contributed by atoms with Crippen LogP contribution in [0, 0.1) is 0 Å². The van der Waals surface area contributed by atoms with Gasteiger partial charge in [-0.15, -0.1) is 0 Å². The lowest BCUT2D eigenvalue weighted by Crippen LogP contribution is -2.37. The monoisotopic (exact) mass is 316 g/mol. The van der Waals surface area contributed by atoms with Crippen LogP contribution in [-0.4, -0.2) is 50.0 Å². The van der Waals surface area contributed by atoms with Gasteiger partial charge in [0.15, 0.2) is 0 Å². The molecule has 0 radical (unpaired) electrons. The Morgan fingerprint density at radius 3 is 2.71 bits per heavy atom. The first-order valence-electron chi connectivity index (χ1n) is 6.15. The molecule has 1 heterocycles. The Balaban J connectivity index is 2.25. The highest BCUT2D eigenvalue weighted by Gasteiger charge is 2.32. The van der Waals surface area contributed by atoms with E-state index in [4.69, 9.17) is 15.0 Å². The Morgan fingerprint density at radius 1 is 1.48 bits per heavy atom. The first-order chi connectivity index (χ1) is 9.71. The largest absolute Gasteiger partial charge is 0.478 e. The van der Waals surface area contributed by atoms with Gasteiger partial charge in [-0.1, -0.05) is 0 Å². The number of carboxylic acid groups (broad SMARTS) is 1. The number of carbonyl (C=O) groups is 1. The van der Waals surface area contributed by atoms with Crippen LogP contribution in [0.3, 0.4) is 0 Å². The molecule has 0 amide bonds. The number of carboxylic acids is 1. The molecule has 21 heavy (non-hydrogen) atoms. The van der Waals surface area contributed by atoms with E-state index in [-0.39, 0.29) is 29.3 Å². The van der Waals surface area contributed by atoms with Crippen LogP contribution >= 0.6 is 0 Å². The molecule has 116 valence electrons. The maximum atomic E-state index is 11.2. The highest BCUT2D eigenvalue weighted by Crippen LogP contribution is 2.23. The molecule has 1 aromatic rings. The van der Waals surface area contributed by atoms with E-state index in [1.165, 1.54) is 12.1 Å². The Bertz CT molecular complexity index is 652. The molecule has 0 bridgehead atoms. The van der Waals surface area contributed by atoms with Gasteiger partial charge in [0.2, 0.25) is 10.0 Å². The molecule has 1 aliphatic rings. The molecule has 8 nitrogen and oxygen atoms in total. The molecule has 0 aliphatic carbocycles. The van der Waals surface area contributed by atoms with Crippen LogP contribution in [-0.2, 0) is 14.8 Å². The summed E-state index contributed by atoms with van der Waals surface area (Å²) >= 11 is 0. The summed E-state index contributed by atoms with van der Waals surface area (Å²) in [6.45, 7) is 0.702. The van der Waals surface area contributed by atoms with Crippen molar-refractivity contribution in [1.82, 2.24) is 0 Å². The summed E-state index contributed by atoms with van der Waals surface area (Å²) in [6, 6.07) is 3.50. The Hall–Kier alpha value is -1.68. The second-order valence-corrected chi connectivity index (χ2v) is 6.50. The number of anilines is 1. The average molecular weight is 316 g/mol. The van der Waals surface area contributed by atoms with Gasteiger partial charge in [0.05, 0.1) is 17.1 Å². The van der Waals surface area contributed by atoms with E-state index in [2.05, 4.69) is 5.32 Å². The number of hydrogen-bond acceptors (Lipinski definition) is 6. The molecule has 1 aliphatic heterocycles. The Morgan fingerprint density at radius 2 is 2.19 bits per heavy atom. The molecule has 0 spiro atoms.